The second-order valence-electron chi connectivity index (χ2n) is 8.94. The van der Waals surface area contributed by atoms with E-state index in [2.05, 4.69) is 17.1 Å². The summed E-state index contributed by atoms with van der Waals surface area (Å²) in [6.07, 6.45) is 6.94. The first-order valence-corrected chi connectivity index (χ1v) is 10.6. The quantitative estimate of drug-likeness (QED) is 0.436. The molecule has 0 N–H and O–H groups in total. The molecule has 3 fully saturated rings. The molecule has 2 amide bonds. The van der Waals surface area contributed by atoms with Crippen molar-refractivity contribution in [1.82, 2.24) is 9.80 Å². The second kappa shape index (κ2) is 7.17. The first kappa shape index (κ1) is 18.7. The molecule has 2 aliphatic heterocycles. The number of carbonyl (C=O) groups excluding carboxylic acids is 3. The summed E-state index contributed by atoms with van der Waals surface area (Å²) >= 11 is 0. The van der Waals surface area contributed by atoms with Crippen LogP contribution >= 0.6 is 0 Å². The molecule has 29 heavy (non-hydrogen) atoms. The molecule has 4 unspecified atom stereocenters. The molecule has 2 saturated heterocycles. The molecule has 1 aromatic rings. The number of allylic oxidation sites excluding steroid dienone is 2. The van der Waals surface area contributed by atoms with Gasteiger partial charge in [-0.3, -0.25) is 24.2 Å². The van der Waals surface area contributed by atoms with Gasteiger partial charge in [-0.15, -0.1) is 0 Å². The van der Waals surface area contributed by atoms with Gasteiger partial charge < -0.3 is 0 Å². The predicted molar refractivity (Wildman–Crippen MR) is 104 cm³/mol. The van der Waals surface area contributed by atoms with Crippen LogP contribution in [-0.4, -0.2) is 53.6 Å². The van der Waals surface area contributed by atoms with Crippen molar-refractivity contribution in [3.05, 3.63) is 47.8 Å². The number of benzene rings is 1. The topological polar surface area (TPSA) is 57.7 Å². The minimum absolute atomic E-state index is 0.0100. The highest BCUT2D eigenvalue weighted by Crippen LogP contribution is 2.52. The second-order valence-corrected chi connectivity index (χ2v) is 8.94. The molecule has 2 heterocycles. The molecular formula is C23H25FN2O3. The Hall–Kier alpha value is -2.34. The van der Waals surface area contributed by atoms with Crippen molar-refractivity contribution in [2.24, 2.45) is 29.6 Å². The van der Waals surface area contributed by atoms with E-state index in [4.69, 9.17) is 0 Å². The number of rotatable bonds is 5. The Balaban J connectivity index is 1.14. The molecular weight excluding hydrogens is 371 g/mol. The SMILES string of the molecule is O=C(CN1CCC(CN2C(=O)C3C4C=CC(C4)C3C2=O)CC1)c1ccc(F)cc1. The third-order valence-electron chi connectivity index (χ3n) is 7.24. The fraction of sp³-hybridized carbons (Fsp3) is 0.522. The molecule has 4 aliphatic rings. The fourth-order valence-corrected chi connectivity index (χ4v) is 5.66. The number of hydrogen-bond acceptors (Lipinski definition) is 4. The van der Waals surface area contributed by atoms with Gasteiger partial charge in [-0.2, -0.15) is 0 Å². The molecule has 2 aliphatic carbocycles. The van der Waals surface area contributed by atoms with Crippen molar-refractivity contribution in [3.8, 4) is 0 Å². The van der Waals surface area contributed by atoms with Crippen molar-refractivity contribution in [2.45, 2.75) is 19.3 Å². The molecule has 2 bridgehead atoms. The van der Waals surface area contributed by atoms with Gasteiger partial charge in [-0.25, -0.2) is 4.39 Å². The lowest BCUT2D eigenvalue weighted by atomic mass is 9.85. The fourth-order valence-electron chi connectivity index (χ4n) is 5.66. The Bertz CT molecular complexity index is 843. The lowest BCUT2D eigenvalue weighted by Crippen LogP contribution is -2.43. The standard InChI is InChI=1S/C23H25FN2O3/c24-18-5-3-15(4-6-18)19(27)13-25-9-7-14(8-10-25)12-26-22(28)20-16-1-2-17(11-16)21(20)23(26)29/h1-6,14,16-17,20-21H,7-13H2. The first-order valence-electron chi connectivity index (χ1n) is 10.6. The van der Waals surface area contributed by atoms with E-state index in [1.165, 1.54) is 29.2 Å². The van der Waals surface area contributed by atoms with Crippen LogP contribution in [0.15, 0.2) is 36.4 Å². The van der Waals surface area contributed by atoms with Crippen LogP contribution in [0.4, 0.5) is 4.39 Å². The summed E-state index contributed by atoms with van der Waals surface area (Å²) in [7, 11) is 0. The lowest BCUT2D eigenvalue weighted by Gasteiger charge is -2.33. The molecule has 152 valence electrons. The number of halogens is 1. The average molecular weight is 396 g/mol. The van der Waals surface area contributed by atoms with Crippen LogP contribution in [0.25, 0.3) is 0 Å². The monoisotopic (exact) mass is 396 g/mol. The van der Waals surface area contributed by atoms with Gasteiger partial charge in [0.05, 0.1) is 18.4 Å². The van der Waals surface area contributed by atoms with Gasteiger partial charge >= 0.3 is 0 Å². The molecule has 0 radical (unpaired) electrons. The van der Waals surface area contributed by atoms with Crippen LogP contribution < -0.4 is 0 Å². The highest BCUT2D eigenvalue weighted by molar-refractivity contribution is 6.06. The van der Waals surface area contributed by atoms with Gasteiger partial charge in [0.2, 0.25) is 11.8 Å². The summed E-state index contributed by atoms with van der Waals surface area (Å²) in [6.45, 7) is 2.38. The molecule has 5 rings (SSSR count). The number of nitrogens with zero attached hydrogens (tertiary/aromatic N) is 2. The van der Waals surface area contributed by atoms with Crippen LogP contribution in [0.1, 0.15) is 29.6 Å². The van der Waals surface area contributed by atoms with E-state index >= 15 is 0 Å². The molecule has 6 heteroatoms. The molecule has 1 aromatic carbocycles. The number of carbonyl (C=O) groups is 3. The number of likely N-dealkylation sites (tertiary alicyclic amines) is 2. The van der Waals surface area contributed by atoms with Gasteiger partial charge in [0, 0.05) is 12.1 Å². The predicted octanol–water partition coefficient (Wildman–Crippen LogP) is 2.53. The summed E-state index contributed by atoms with van der Waals surface area (Å²) in [5.41, 5.74) is 0.525. The van der Waals surface area contributed by atoms with Crippen molar-refractivity contribution >= 4 is 17.6 Å². The van der Waals surface area contributed by atoms with Gasteiger partial charge in [-0.1, -0.05) is 12.2 Å². The third kappa shape index (κ3) is 3.23. The summed E-state index contributed by atoms with van der Waals surface area (Å²) in [5, 5.41) is 0. The van der Waals surface area contributed by atoms with Crippen LogP contribution in [-0.2, 0) is 9.59 Å². The van der Waals surface area contributed by atoms with Crippen molar-refractivity contribution in [1.29, 1.82) is 0 Å². The summed E-state index contributed by atoms with van der Waals surface area (Å²) in [5.74, 6) is 0.278. The van der Waals surface area contributed by atoms with Crippen LogP contribution in [0.2, 0.25) is 0 Å². The van der Waals surface area contributed by atoms with E-state index in [1.807, 2.05) is 0 Å². The number of piperidine rings is 1. The number of ketones is 1. The van der Waals surface area contributed by atoms with Gasteiger partial charge in [-0.05, 0) is 74.4 Å². The number of amides is 2. The maximum absolute atomic E-state index is 13.0. The Morgan fingerprint density at radius 1 is 0.966 bits per heavy atom. The Morgan fingerprint density at radius 2 is 1.55 bits per heavy atom. The Morgan fingerprint density at radius 3 is 2.14 bits per heavy atom. The Labute approximate surface area is 169 Å². The largest absolute Gasteiger partial charge is 0.296 e. The zero-order valence-corrected chi connectivity index (χ0v) is 16.3. The van der Waals surface area contributed by atoms with E-state index in [1.54, 1.807) is 0 Å². The summed E-state index contributed by atoms with van der Waals surface area (Å²) < 4.78 is 13.0. The average Bonchev–Trinajstić information content (AvgIpc) is 3.40. The van der Waals surface area contributed by atoms with Crippen molar-refractivity contribution in [3.63, 3.8) is 0 Å². The smallest absolute Gasteiger partial charge is 0.233 e. The van der Waals surface area contributed by atoms with E-state index in [-0.39, 0.29) is 47.1 Å². The maximum atomic E-state index is 13.0. The lowest BCUT2D eigenvalue weighted by molar-refractivity contribution is -0.141. The zero-order chi connectivity index (χ0) is 20.1. The van der Waals surface area contributed by atoms with Crippen LogP contribution in [0.3, 0.4) is 0 Å². The first-order chi connectivity index (χ1) is 14.0. The molecule has 0 spiro atoms. The Kier molecular flexibility index (Phi) is 4.62. The van der Waals surface area contributed by atoms with Gasteiger partial charge in [0.1, 0.15) is 5.82 Å². The van der Waals surface area contributed by atoms with E-state index in [0.29, 0.717) is 24.6 Å². The van der Waals surface area contributed by atoms with Crippen LogP contribution in [0, 0.1) is 35.4 Å². The number of hydrogen-bond donors (Lipinski definition) is 0. The summed E-state index contributed by atoms with van der Waals surface area (Å²) in [4.78, 5) is 41.7. The van der Waals surface area contributed by atoms with E-state index < -0.39 is 0 Å². The molecule has 5 nitrogen and oxygen atoms in total. The molecule has 1 saturated carbocycles. The van der Waals surface area contributed by atoms with Crippen molar-refractivity contribution in [2.75, 3.05) is 26.2 Å². The summed E-state index contributed by atoms with van der Waals surface area (Å²) in [6, 6.07) is 5.66. The van der Waals surface area contributed by atoms with Gasteiger partial charge in [0.15, 0.2) is 5.78 Å². The van der Waals surface area contributed by atoms with Crippen molar-refractivity contribution < 1.29 is 18.8 Å². The molecule has 4 atom stereocenters. The minimum Gasteiger partial charge on any atom is -0.296 e. The van der Waals surface area contributed by atoms with Gasteiger partial charge in [0.25, 0.3) is 0 Å². The highest BCUT2D eigenvalue weighted by Gasteiger charge is 2.59. The molecule has 0 aromatic heterocycles. The highest BCUT2D eigenvalue weighted by atomic mass is 19.1. The number of Topliss-reactive ketones (excluding diaryl/α,β-unsaturated/α-hetero) is 1. The number of imide groups is 1. The number of fused-ring (bicyclic) bond motifs is 5. The zero-order valence-electron chi connectivity index (χ0n) is 16.3. The third-order valence-corrected chi connectivity index (χ3v) is 7.24. The van der Waals surface area contributed by atoms with E-state index in [9.17, 15) is 18.8 Å². The normalized spacial score (nSPS) is 31.7. The minimum atomic E-state index is -0.346. The maximum Gasteiger partial charge on any atom is 0.233 e. The van der Waals surface area contributed by atoms with Crippen LogP contribution in [0.5, 0.6) is 0 Å². The van der Waals surface area contributed by atoms with E-state index in [0.717, 1.165) is 32.4 Å².